The normalized spacial score (nSPS) is 18.9. The Bertz CT molecular complexity index is 1140. The van der Waals surface area contributed by atoms with E-state index in [9.17, 15) is 14.9 Å². The van der Waals surface area contributed by atoms with Crippen molar-refractivity contribution in [3.05, 3.63) is 80.2 Å². The van der Waals surface area contributed by atoms with E-state index in [-0.39, 0.29) is 17.7 Å². The maximum atomic E-state index is 12.9. The molecule has 2 aromatic carbocycles. The predicted octanol–water partition coefficient (Wildman–Crippen LogP) is 4.76. The molecule has 1 aliphatic rings. The van der Waals surface area contributed by atoms with E-state index in [2.05, 4.69) is 0 Å². The van der Waals surface area contributed by atoms with Gasteiger partial charge in [0.25, 0.3) is 5.69 Å². The molecule has 0 bridgehead atoms. The van der Waals surface area contributed by atoms with Crippen molar-refractivity contribution < 1.29 is 18.8 Å². The SMILES string of the molecule is CC(C)(C)O[C@@H]1C[C@H](c2ccccc2[N+](=O)[O-])c2c(c3ccccc3oc2=O)O1. The van der Waals surface area contributed by atoms with Crippen LogP contribution in [0.1, 0.15) is 44.2 Å². The molecule has 0 aliphatic carbocycles. The summed E-state index contributed by atoms with van der Waals surface area (Å²) in [6.45, 7) is 5.72. The fourth-order valence-corrected chi connectivity index (χ4v) is 3.75. The zero-order valence-corrected chi connectivity index (χ0v) is 16.4. The van der Waals surface area contributed by atoms with Crippen LogP contribution in [0.5, 0.6) is 5.75 Å². The molecule has 0 spiro atoms. The molecule has 0 amide bonds. The van der Waals surface area contributed by atoms with Crippen LogP contribution in [0.4, 0.5) is 5.69 Å². The first kappa shape index (κ1) is 19.1. The summed E-state index contributed by atoms with van der Waals surface area (Å²) in [7, 11) is 0. The van der Waals surface area contributed by atoms with Crippen molar-refractivity contribution in [1.82, 2.24) is 0 Å². The molecule has 0 saturated carbocycles. The molecule has 0 fully saturated rings. The third kappa shape index (κ3) is 3.61. The minimum Gasteiger partial charge on any atom is -0.464 e. The monoisotopic (exact) mass is 395 g/mol. The van der Waals surface area contributed by atoms with Crippen molar-refractivity contribution in [3.63, 3.8) is 0 Å². The number of hydrogen-bond acceptors (Lipinski definition) is 6. The Morgan fingerprint density at radius 3 is 2.52 bits per heavy atom. The number of fused-ring (bicyclic) bond motifs is 3. The molecular formula is C22H21NO6. The first-order valence-electron chi connectivity index (χ1n) is 9.38. The number of ether oxygens (including phenoxy) is 2. The van der Waals surface area contributed by atoms with Crippen LogP contribution >= 0.6 is 0 Å². The highest BCUT2D eigenvalue weighted by Crippen LogP contribution is 2.45. The second-order valence-corrected chi connectivity index (χ2v) is 8.01. The summed E-state index contributed by atoms with van der Waals surface area (Å²) in [6, 6.07) is 13.5. The van der Waals surface area contributed by atoms with Crippen molar-refractivity contribution in [1.29, 1.82) is 0 Å². The molecule has 29 heavy (non-hydrogen) atoms. The third-order valence-electron chi connectivity index (χ3n) is 4.82. The Morgan fingerprint density at radius 1 is 1.10 bits per heavy atom. The van der Waals surface area contributed by atoms with Gasteiger partial charge in [-0.3, -0.25) is 10.1 Å². The Hall–Kier alpha value is -3.19. The molecule has 7 nitrogen and oxygen atoms in total. The Labute approximate surface area is 167 Å². The van der Waals surface area contributed by atoms with Crippen LogP contribution < -0.4 is 10.4 Å². The lowest BCUT2D eigenvalue weighted by molar-refractivity contribution is -0.385. The van der Waals surface area contributed by atoms with Crippen molar-refractivity contribution in [2.45, 2.75) is 45.0 Å². The summed E-state index contributed by atoms with van der Waals surface area (Å²) in [4.78, 5) is 24.1. The quantitative estimate of drug-likeness (QED) is 0.361. The van der Waals surface area contributed by atoms with E-state index in [1.165, 1.54) is 6.07 Å². The maximum absolute atomic E-state index is 12.9. The van der Waals surface area contributed by atoms with E-state index in [0.29, 0.717) is 22.3 Å². The van der Waals surface area contributed by atoms with Gasteiger partial charge in [0.1, 0.15) is 11.3 Å². The molecule has 1 aliphatic heterocycles. The van der Waals surface area contributed by atoms with Crippen LogP contribution in [-0.2, 0) is 4.74 Å². The maximum Gasteiger partial charge on any atom is 0.343 e. The van der Waals surface area contributed by atoms with Gasteiger partial charge in [0.05, 0.1) is 21.5 Å². The Balaban J connectivity index is 1.96. The summed E-state index contributed by atoms with van der Waals surface area (Å²) in [5.74, 6) is -0.228. The van der Waals surface area contributed by atoms with Gasteiger partial charge in [0, 0.05) is 24.0 Å². The molecule has 4 rings (SSSR count). The Morgan fingerprint density at radius 2 is 1.79 bits per heavy atom. The second-order valence-electron chi connectivity index (χ2n) is 8.01. The number of nitro groups is 1. The van der Waals surface area contributed by atoms with Gasteiger partial charge in [-0.2, -0.15) is 0 Å². The molecule has 2 heterocycles. The molecule has 0 unspecified atom stereocenters. The number of nitrogens with zero attached hydrogens (tertiary/aromatic N) is 1. The van der Waals surface area contributed by atoms with Crippen LogP contribution in [0.3, 0.4) is 0 Å². The molecule has 3 aromatic rings. The summed E-state index contributed by atoms with van der Waals surface area (Å²) < 4.78 is 17.7. The van der Waals surface area contributed by atoms with Crippen molar-refractivity contribution in [2.24, 2.45) is 0 Å². The lowest BCUT2D eigenvalue weighted by atomic mass is 9.85. The summed E-state index contributed by atoms with van der Waals surface area (Å²) in [5.41, 5.74) is 0.0151. The van der Waals surface area contributed by atoms with Gasteiger partial charge in [-0.1, -0.05) is 30.3 Å². The van der Waals surface area contributed by atoms with E-state index in [1.807, 2.05) is 26.8 Å². The van der Waals surface area contributed by atoms with Gasteiger partial charge in [-0.25, -0.2) is 4.79 Å². The van der Waals surface area contributed by atoms with Crippen LogP contribution in [0.25, 0.3) is 11.0 Å². The largest absolute Gasteiger partial charge is 0.464 e. The van der Waals surface area contributed by atoms with E-state index in [1.54, 1.807) is 36.4 Å². The molecule has 150 valence electrons. The number of para-hydroxylation sites is 2. The minimum atomic E-state index is -0.669. The highest BCUT2D eigenvalue weighted by molar-refractivity contribution is 5.85. The number of benzene rings is 2. The molecule has 0 saturated heterocycles. The molecule has 2 atom stereocenters. The zero-order chi connectivity index (χ0) is 20.8. The fourth-order valence-electron chi connectivity index (χ4n) is 3.75. The van der Waals surface area contributed by atoms with Gasteiger partial charge in [-0.05, 0) is 32.9 Å². The topological polar surface area (TPSA) is 91.8 Å². The predicted molar refractivity (Wildman–Crippen MR) is 107 cm³/mol. The van der Waals surface area contributed by atoms with Crippen molar-refractivity contribution in [2.75, 3.05) is 0 Å². The average Bonchev–Trinajstić information content (AvgIpc) is 2.66. The first-order chi connectivity index (χ1) is 13.7. The second kappa shape index (κ2) is 7.00. The smallest absolute Gasteiger partial charge is 0.343 e. The van der Waals surface area contributed by atoms with E-state index in [0.717, 1.165) is 0 Å². The van der Waals surface area contributed by atoms with Crippen LogP contribution in [0.15, 0.2) is 57.7 Å². The van der Waals surface area contributed by atoms with Crippen LogP contribution in [0, 0.1) is 10.1 Å². The summed E-state index contributed by atoms with van der Waals surface area (Å²) in [5, 5.41) is 12.3. The molecular weight excluding hydrogens is 374 g/mol. The number of nitro benzene ring substituents is 1. The van der Waals surface area contributed by atoms with Gasteiger partial charge in [-0.15, -0.1) is 0 Å². The number of rotatable bonds is 3. The van der Waals surface area contributed by atoms with Gasteiger partial charge >= 0.3 is 5.63 Å². The van der Waals surface area contributed by atoms with E-state index >= 15 is 0 Å². The molecule has 0 radical (unpaired) electrons. The molecule has 1 aromatic heterocycles. The van der Waals surface area contributed by atoms with Crippen molar-refractivity contribution >= 4 is 16.7 Å². The summed E-state index contributed by atoms with van der Waals surface area (Å²) in [6.07, 6.45) is -0.407. The molecule has 0 N–H and O–H groups in total. The van der Waals surface area contributed by atoms with Crippen molar-refractivity contribution in [3.8, 4) is 5.75 Å². The lowest BCUT2D eigenvalue weighted by Gasteiger charge is -2.35. The number of hydrogen-bond donors (Lipinski definition) is 0. The first-order valence-corrected chi connectivity index (χ1v) is 9.38. The third-order valence-corrected chi connectivity index (χ3v) is 4.82. The van der Waals surface area contributed by atoms with Gasteiger partial charge in [0.2, 0.25) is 6.29 Å². The standard InChI is InChI=1S/C22H21NO6/c1-22(2,3)29-18-12-15(13-8-4-6-10-16(13)23(25)26)19-20(28-18)14-9-5-7-11-17(14)27-21(19)24/h4-11,15,18H,12H2,1-3H3/t15-,18-/m1/s1. The highest BCUT2D eigenvalue weighted by atomic mass is 16.7. The van der Waals surface area contributed by atoms with E-state index < -0.39 is 28.4 Å². The zero-order valence-electron chi connectivity index (χ0n) is 16.4. The van der Waals surface area contributed by atoms with Crippen LogP contribution in [-0.4, -0.2) is 16.8 Å². The molecule has 7 heteroatoms. The fraction of sp³-hybridized carbons (Fsp3) is 0.318. The van der Waals surface area contributed by atoms with Crippen LogP contribution in [0.2, 0.25) is 0 Å². The Kier molecular flexibility index (Phi) is 4.62. The summed E-state index contributed by atoms with van der Waals surface area (Å²) >= 11 is 0. The van der Waals surface area contributed by atoms with Gasteiger partial charge in [0.15, 0.2) is 0 Å². The lowest BCUT2D eigenvalue weighted by Crippen LogP contribution is -2.37. The van der Waals surface area contributed by atoms with Gasteiger partial charge < -0.3 is 13.9 Å². The highest BCUT2D eigenvalue weighted by Gasteiger charge is 2.39. The van der Waals surface area contributed by atoms with E-state index in [4.69, 9.17) is 13.9 Å². The minimum absolute atomic E-state index is 0.0487. The average molecular weight is 395 g/mol.